The van der Waals surface area contributed by atoms with E-state index in [0.717, 1.165) is 0 Å². The summed E-state index contributed by atoms with van der Waals surface area (Å²) in [6, 6.07) is 9.07. The van der Waals surface area contributed by atoms with E-state index in [4.69, 9.17) is 9.47 Å². The van der Waals surface area contributed by atoms with Crippen molar-refractivity contribution in [1.82, 2.24) is 20.0 Å². The van der Waals surface area contributed by atoms with Crippen molar-refractivity contribution in [1.29, 1.82) is 5.26 Å². The second-order valence-electron chi connectivity index (χ2n) is 7.38. The monoisotopic (exact) mass is 409 g/mol. The Kier molecular flexibility index (Phi) is 5.73. The molecule has 0 saturated heterocycles. The topological polar surface area (TPSA) is 134 Å². The summed E-state index contributed by atoms with van der Waals surface area (Å²) >= 11 is 0. The molecule has 0 bridgehead atoms. The molecule has 0 unspecified atom stereocenters. The summed E-state index contributed by atoms with van der Waals surface area (Å²) in [5, 5.41) is 39.6. The molecule has 30 heavy (non-hydrogen) atoms. The first-order chi connectivity index (χ1) is 14.3. The third kappa shape index (κ3) is 3.96. The van der Waals surface area contributed by atoms with Gasteiger partial charge < -0.3 is 14.6 Å². The van der Waals surface area contributed by atoms with Crippen LogP contribution in [0.2, 0.25) is 0 Å². The Labute approximate surface area is 173 Å². The van der Waals surface area contributed by atoms with E-state index in [2.05, 4.69) is 31.6 Å². The third-order valence-electron chi connectivity index (χ3n) is 4.22. The molecule has 0 spiro atoms. The van der Waals surface area contributed by atoms with Crippen LogP contribution in [0.15, 0.2) is 34.5 Å². The van der Waals surface area contributed by atoms with E-state index in [1.807, 2.05) is 20.8 Å². The number of nitrogens with zero attached hydrogens (tertiary/aromatic N) is 6. The molecule has 0 saturated carbocycles. The molecule has 0 aliphatic rings. The SMILES string of the molecule is CCOc1nn(-c2ccc(OC)cc2)c(O)c1/N=N/c1[nH]nc(C(C)(C)C)c1C#N. The molecule has 156 valence electrons. The zero-order valence-electron chi connectivity index (χ0n) is 17.5. The second-order valence-corrected chi connectivity index (χ2v) is 7.38. The highest BCUT2D eigenvalue weighted by atomic mass is 16.5. The molecule has 10 nitrogen and oxygen atoms in total. The Bertz CT molecular complexity index is 1100. The van der Waals surface area contributed by atoms with Crippen molar-refractivity contribution >= 4 is 11.5 Å². The van der Waals surface area contributed by atoms with Crippen LogP contribution < -0.4 is 9.47 Å². The highest BCUT2D eigenvalue weighted by molar-refractivity contribution is 5.59. The van der Waals surface area contributed by atoms with Crippen LogP contribution >= 0.6 is 0 Å². The van der Waals surface area contributed by atoms with E-state index >= 15 is 0 Å². The summed E-state index contributed by atoms with van der Waals surface area (Å²) in [6.45, 7) is 7.96. The van der Waals surface area contributed by atoms with Gasteiger partial charge in [0.1, 0.15) is 17.4 Å². The molecule has 10 heteroatoms. The Morgan fingerprint density at radius 3 is 2.50 bits per heavy atom. The number of benzene rings is 1. The Balaban J connectivity index is 2.03. The number of hydrogen-bond donors (Lipinski definition) is 2. The fourth-order valence-corrected chi connectivity index (χ4v) is 2.76. The van der Waals surface area contributed by atoms with Crippen LogP contribution in [-0.4, -0.2) is 38.8 Å². The number of aromatic hydroxyl groups is 1. The van der Waals surface area contributed by atoms with Gasteiger partial charge in [0.15, 0.2) is 5.82 Å². The molecular formula is C20H23N7O3. The van der Waals surface area contributed by atoms with Crippen molar-refractivity contribution < 1.29 is 14.6 Å². The summed E-state index contributed by atoms with van der Waals surface area (Å²) in [6.07, 6.45) is 0. The van der Waals surface area contributed by atoms with Crippen molar-refractivity contribution in [2.75, 3.05) is 13.7 Å². The van der Waals surface area contributed by atoms with Gasteiger partial charge in [-0.1, -0.05) is 20.8 Å². The molecule has 0 radical (unpaired) electrons. The number of aromatic amines is 1. The molecule has 0 aliphatic carbocycles. The highest BCUT2D eigenvalue weighted by Gasteiger charge is 2.25. The van der Waals surface area contributed by atoms with Gasteiger partial charge in [-0.05, 0) is 31.2 Å². The van der Waals surface area contributed by atoms with Crippen molar-refractivity contribution in [2.24, 2.45) is 10.2 Å². The lowest BCUT2D eigenvalue weighted by atomic mass is 9.90. The van der Waals surface area contributed by atoms with Gasteiger partial charge in [-0.2, -0.15) is 15.0 Å². The van der Waals surface area contributed by atoms with E-state index in [1.54, 1.807) is 38.3 Å². The van der Waals surface area contributed by atoms with Gasteiger partial charge in [0.05, 0.1) is 25.1 Å². The van der Waals surface area contributed by atoms with Crippen LogP contribution in [0.4, 0.5) is 11.5 Å². The molecule has 1 aromatic carbocycles. The van der Waals surface area contributed by atoms with Crippen LogP contribution in [0.3, 0.4) is 0 Å². The molecule has 2 N–H and O–H groups in total. The minimum absolute atomic E-state index is 0.0449. The number of aromatic nitrogens is 4. The molecule has 0 aliphatic heterocycles. The fraction of sp³-hybridized carbons (Fsp3) is 0.350. The predicted octanol–water partition coefficient (Wildman–Crippen LogP) is 4.29. The number of hydrogen-bond acceptors (Lipinski definition) is 8. The number of azo groups is 1. The number of methoxy groups -OCH3 is 1. The van der Waals surface area contributed by atoms with Crippen LogP contribution in [-0.2, 0) is 5.41 Å². The maximum absolute atomic E-state index is 10.7. The summed E-state index contributed by atoms with van der Waals surface area (Å²) in [5.41, 5.74) is 1.18. The van der Waals surface area contributed by atoms with Gasteiger partial charge in [-0.25, -0.2) is 0 Å². The molecule has 3 aromatic rings. The number of ether oxygens (including phenoxy) is 2. The van der Waals surface area contributed by atoms with E-state index < -0.39 is 0 Å². The Morgan fingerprint density at radius 1 is 1.23 bits per heavy atom. The average molecular weight is 409 g/mol. The first-order valence-electron chi connectivity index (χ1n) is 9.30. The fourth-order valence-electron chi connectivity index (χ4n) is 2.76. The van der Waals surface area contributed by atoms with Crippen molar-refractivity contribution in [3.8, 4) is 29.3 Å². The van der Waals surface area contributed by atoms with Crippen LogP contribution in [0.5, 0.6) is 17.5 Å². The molecule has 0 atom stereocenters. The van der Waals surface area contributed by atoms with Gasteiger partial charge >= 0.3 is 0 Å². The molecule has 2 heterocycles. The van der Waals surface area contributed by atoms with Crippen LogP contribution in [0.25, 0.3) is 5.69 Å². The van der Waals surface area contributed by atoms with E-state index in [0.29, 0.717) is 29.3 Å². The Hall–Kier alpha value is -3.87. The number of nitrogens with one attached hydrogen (secondary N) is 1. The smallest absolute Gasteiger partial charge is 0.265 e. The quantitative estimate of drug-likeness (QED) is 0.583. The zero-order valence-corrected chi connectivity index (χ0v) is 17.5. The second kappa shape index (κ2) is 8.24. The first-order valence-corrected chi connectivity index (χ1v) is 9.30. The average Bonchev–Trinajstić information content (AvgIpc) is 3.27. The zero-order chi connectivity index (χ0) is 21.9. The standard InChI is InChI=1S/C20H23N7O3/c1-6-30-18-15(19(28)27(26-18)12-7-9-13(29-5)10-8-12)22-24-17-14(11-21)16(23-25-17)20(2,3)4/h7-10,28H,6H2,1-5H3,(H,23,25)/b24-22+. The molecule has 0 fully saturated rings. The van der Waals surface area contributed by atoms with Gasteiger partial charge in [-0.15, -0.1) is 15.3 Å². The van der Waals surface area contributed by atoms with E-state index in [1.165, 1.54) is 4.68 Å². The van der Waals surface area contributed by atoms with E-state index in [-0.39, 0.29) is 28.7 Å². The van der Waals surface area contributed by atoms with E-state index in [9.17, 15) is 10.4 Å². The molecule has 3 rings (SSSR count). The van der Waals surface area contributed by atoms with Gasteiger partial charge in [-0.3, -0.25) is 5.10 Å². The summed E-state index contributed by atoms with van der Waals surface area (Å²) in [5.74, 6) is 0.736. The summed E-state index contributed by atoms with van der Waals surface area (Å²) in [7, 11) is 1.57. The minimum atomic E-state index is -0.340. The number of H-pyrrole nitrogens is 1. The van der Waals surface area contributed by atoms with Crippen molar-refractivity contribution in [2.45, 2.75) is 33.1 Å². The Morgan fingerprint density at radius 2 is 1.93 bits per heavy atom. The van der Waals surface area contributed by atoms with Gasteiger partial charge in [0.2, 0.25) is 11.6 Å². The maximum Gasteiger partial charge on any atom is 0.265 e. The van der Waals surface area contributed by atoms with Gasteiger partial charge in [0.25, 0.3) is 5.88 Å². The minimum Gasteiger partial charge on any atom is -0.497 e. The lowest BCUT2D eigenvalue weighted by Gasteiger charge is -2.14. The third-order valence-corrected chi connectivity index (χ3v) is 4.22. The maximum atomic E-state index is 10.7. The molecule has 2 aromatic heterocycles. The predicted molar refractivity (Wildman–Crippen MR) is 109 cm³/mol. The van der Waals surface area contributed by atoms with Gasteiger partial charge in [0, 0.05) is 5.41 Å². The highest BCUT2D eigenvalue weighted by Crippen LogP contribution is 2.40. The summed E-state index contributed by atoms with van der Waals surface area (Å²) < 4.78 is 11.9. The van der Waals surface area contributed by atoms with Crippen LogP contribution in [0, 0.1) is 11.3 Å². The largest absolute Gasteiger partial charge is 0.497 e. The molecular weight excluding hydrogens is 386 g/mol. The van der Waals surface area contributed by atoms with Crippen molar-refractivity contribution in [3.05, 3.63) is 35.5 Å². The lowest BCUT2D eigenvalue weighted by molar-refractivity contribution is 0.325. The summed E-state index contributed by atoms with van der Waals surface area (Å²) in [4.78, 5) is 0. The number of rotatable bonds is 6. The number of nitriles is 1. The lowest BCUT2D eigenvalue weighted by Crippen LogP contribution is -2.13. The normalized spacial score (nSPS) is 11.6. The van der Waals surface area contributed by atoms with Crippen LogP contribution in [0.1, 0.15) is 39.0 Å². The molecule has 0 amide bonds. The van der Waals surface area contributed by atoms with Crippen molar-refractivity contribution in [3.63, 3.8) is 0 Å². The first kappa shape index (κ1) is 20.9.